The largest absolute Gasteiger partial charge is 0.465 e. The van der Waals surface area contributed by atoms with Gasteiger partial charge in [0.15, 0.2) is 0 Å². The van der Waals surface area contributed by atoms with E-state index in [0.29, 0.717) is 12.1 Å². The monoisotopic (exact) mass is 500 g/mol. The molecule has 0 N–H and O–H groups in total. The number of hydrogen-bond acceptors (Lipinski definition) is 5. The summed E-state index contributed by atoms with van der Waals surface area (Å²) in [6.45, 7) is 1.89. The number of thioether (sulfide) groups is 1. The summed E-state index contributed by atoms with van der Waals surface area (Å²) < 4.78 is 6.67. The van der Waals surface area contributed by atoms with Crippen molar-refractivity contribution in [3.63, 3.8) is 0 Å². The van der Waals surface area contributed by atoms with Gasteiger partial charge in [-0.3, -0.25) is 9.58 Å². The molecule has 0 bridgehead atoms. The third kappa shape index (κ3) is 4.95. The van der Waals surface area contributed by atoms with Gasteiger partial charge in [-0.1, -0.05) is 36.4 Å². The van der Waals surface area contributed by atoms with Crippen molar-refractivity contribution >= 4 is 40.4 Å². The van der Waals surface area contributed by atoms with Gasteiger partial charge in [-0.25, -0.2) is 9.59 Å². The number of carbonyl (C=O) groups excluding carboxylic acids is 2. The Morgan fingerprint density at radius 1 is 0.972 bits per heavy atom. The zero-order valence-electron chi connectivity index (χ0n) is 20.4. The topological polar surface area (TPSA) is 67.7 Å². The van der Waals surface area contributed by atoms with Crippen molar-refractivity contribution in [1.82, 2.24) is 14.7 Å². The molecule has 1 aliphatic rings. The highest BCUT2D eigenvalue weighted by atomic mass is 32.2. The van der Waals surface area contributed by atoms with Crippen LogP contribution in [0.15, 0.2) is 72.9 Å². The molecule has 5 rings (SSSR count). The van der Waals surface area contributed by atoms with Crippen molar-refractivity contribution in [3.05, 3.63) is 84.1 Å². The van der Waals surface area contributed by atoms with E-state index in [0.717, 1.165) is 57.9 Å². The van der Waals surface area contributed by atoms with Crippen LogP contribution in [0.5, 0.6) is 0 Å². The Balaban J connectivity index is 1.43. The molecule has 7 nitrogen and oxygen atoms in total. The Morgan fingerprint density at radius 2 is 1.67 bits per heavy atom. The molecular formula is C28H28N4O3S. The Kier molecular flexibility index (Phi) is 6.95. The van der Waals surface area contributed by atoms with Crippen LogP contribution in [-0.2, 0) is 18.3 Å². The lowest BCUT2D eigenvalue weighted by Crippen LogP contribution is -2.46. The lowest BCUT2D eigenvalue weighted by molar-refractivity contribution is 0.0600. The highest BCUT2D eigenvalue weighted by Gasteiger charge is 2.24. The average molecular weight is 501 g/mol. The fraction of sp³-hybridized carbons (Fsp3) is 0.250. The second-order valence-electron chi connectivity index (χ2n) is 8.75. The number of benzene rings is 3. The number of aromatic nitrogens is 2. The van der Waals surface area contributed by atoms with Crippen LogP contribution in [0, 0.1) is 0 Å². The zero-order chi connectivity index (χ0) is 25.1. The quantitative estimate of drug-likeness (QED) is 0.352. The molecule has 2 amide bonds. The molecule has 0 aliphatic carbocycles. The summed E-state index contributed by atoms with van der Waals surface area (Å²) in [5.41, 5.74) is 5.51. The third-order valence-electron chi connectivity index (χ3n) is 6.49. The molecule has 36 heavy (non-hydrogen) atoms. The van der Waals surface area contributed by atoms with Crippen molar-refractivity contribution in [1.29, 1.82) is 0 Å². The van der Waals surface area contributed by atoms with Gasteiger partial charge in [0.1, 0.15) is 0 Å². The van der Waals surface area contributed by atoms with E-state index in [1.807, 2.05) is 63.8 Å². The first-order chi connectivity index (χ1) is 17.5. The first kappa shape index (κ1) is 23.9. The molecule has 0 atom stereocenters. The first-order valence-corrected chi connectivity index (χ1v) is 13.0. The Morgan fingerprint density at radius 3 is 2.36 bits per heavy atom. The normalized spacial score (nSPS) is 13.6. The van der Waals surface area contributed by atoms with E-state index >= 15 is 0 Å². The van der Waals surface area contributed by atoms with Gasteiger partial charge in [0.2, 0.25) is 0 Å². The minimum Gasteiger partial charge on any atom is -0.465 e. The maximum Gasteiger partial charge on any atom is 0.337 e. The highest BCUT2D eigenvalue weighted by Crippen LogP contribution is 2.28. The number of esters is 1. The minimum atomic E-state index is -0.375. The number of fused-ring (bicyclic) bond motifs is 1. The van der Waals surface area contributed by atoms with E-state index in [1.54, 1.807) is 12.1 Å². The van der Waals surface area contributed by atoms with Crippen LogP contribution >= 0.6 is 11.8 Å². The van der Waals surface area contributed by atoms with Gasteiger partial charge < -0.3 is 9.64 Å². The summed E-state index contributed by atoms with van der Waals surface area (Å²) in [5, 5.41) is 5.44. The lowest BCUT2D eigenvalue weighted by Gasteiger charge is -2.33. The summed E-state index contributed by atoms with van der Waals surface area (Å²) in [6, 6.07) is 21.6. The highest BCUT2D eigenvalue weighted by molar-refractivity contribution is 7.99. The Labute approximate surface area is 214 Å². The van der Waals surface area contributed by atoms with Crippen LogP contribution in [0.3, 0.4) is 0 Å². The number of aryl methyl sites for hydroxylation is 1. The standard InChI is InChI=1S/C28H28N4O3S/c1-30-26-17-23(7-8-24(26)18-29-30)21-9-11-25(12-10-21)32(28(34)31-13-15-36-16-14-31)19-20-3-5-22(6-4-20)27(33)35-2/h3-12,17-18H,13-16,19H2,1-2H3. The third-order valence-corrected chi connectivity index (χ3v) is 7.43. The smallest absolute Gasteiger partial charge is 0.337 e. The minimum absolute atomic E-state index is 0.00333. The number of rotatable bonds is 5. The molecule has 2 heterocycles. The van der Waals surface area contributed by atoms with E-state index in [-0.39, 0.29) is 12.0 Å². The summed E-state index contributed by atoms with van der Waals surface area (Å²) in [5.74, 6) is 1.52. The predicted octanol–water partition coefficient (Wildman–Crippen LogP) is 5.20. The molecule has 184 valence electrons. The van der Waals surface area contributed by atoms with Gasteiger partial charge in [-0.2, -0.15) is 16.9 Å². The van der Waals surface area contributed by atoms with Gasteiger partial charge in [-0.15, -0.1) is 0 Å². The van der Waals surface area contributed by atoms with Crippen LogP contribution < -0.4 is 4.90 Å². The molecule has 0 spiro atoms. The van der Waals surface area contributed by atoms with Crippen molar-refractivity contribution in [2.45, 2.75) is 6.54 Å². The van der Waals surface area contributed by atoms with E-state index in [4.69, 9.17) is 4.74 Å². The van der Waals surface area contributed by atoms with Crippen molar-refractivity contribution in [3.8, 4) is 11.1 Å². The summed E-state index contributed by atoms with van der Waals surface area (Å²) in [4.78, 5) is 29.1. The summed E-state index contributed by atoms with van der Waals surface area (Å²) >= 11 is 1.87. The fourth-order valence-electron chi connectivity index (χ4n) is 4.40. The molecule has 0 saturated carbocycles. The molecule has 1 aromatic heterocycles. The number of amides is 2. The van der Waals surface area contributed by atoms with Crippen LogP contribution in [0.25, 0.3) is 22.0 Å². The molecule has 0 unspecified atom stereocenters. The number of hydrogen-bond donors (Lipinski definition) is 0. The molecule has 1 fully saturated rings. The number of urea groups is 1. The zero-order valence-corrected chi connectivity index (χ0v) is 21.2. The molecule has 0 radical (unpaired) electrons. The molecule has 3 aromatic carbocycles. The van der Waals surface area contributed by atoms with Crippen molar-refractivity contribution < 1.29 is 14.3 Å². The predicted molar refractivity (Wildman–Crippen MR) is 144 cm³/mol. The first-order valence-electron chi connectivity index (χ1n) is 11.9. The van der Waals surface area contributed by atoms with Crippen LogP contribution in [-0.4, -0.2) is 58.4 Å². The lowest BCUT2D eigenvalue weighted by atomic mass is 10.0. The van der Waals surface area contributed by atoms with Crippen molar-refractivity contribution in [2.75, 3.05) is 36.6 Å². The fourth-order valence-corrected chi connectivity index (χ4v) is 5.30. The van der Waals surface area contributed by atoms with Gasteiger partial charge in [0, 0.05) is 42.7 Å². The van der Waals surface area contributed by atoms with Gasteiger partial charge in [0.05, 0.1) is 30.9 Å². The maximum atomic E-state index is 13.6. The van der Waals surface area contributed by atoms with E-state index in [9.17, 15) is 9.59 Å². The van der Waals surface area contributed by atoms with Crippen molar-refractivity contribution in [2.24, 2.45) is 7.05 Å². The number of ether oxygens (including phenoxy) is 1. The Bertz CT molecular complexity index is 1380. The Hall–Kier alpha value is -3.78. The average Bonchev–Trinajstić information content (AvgIpc) is 3.31. The van der Waals surface area contributed by atoms with E-state index in [1.165, 1.54) is 7.11 Å². The number of anilines is 1. The van der Waals surface area contributed by atoms with E-state index in [2.05, 4.69) is 35.4 Å². The molecular weight excluding hydrogens is 472 g/mol. The number of methoxy groups -OCH3 is 1. The maximum absolute atomic E-state index is 13.6. The number of nitrogens with zero attached hydrogens (tertiary/aromatic N) is 4. The SMILES string of the molecule is COC(=O)c1ccc(CN(C(=O)N2CCSCC2)c2ccc(-c3ccc4cnn(C)c4c3)cc2)cc1. The van der Waals surface area contributed by atoms with Gasteiger partial charge >= 0.3 is 12.0 Å². The second kappa shape index (κ2) is 10.5. The van der Waals surface area contributed by atoms with Gasteiger partial charge in [-0.05, 0) is 47.0 Å². The molecule has 1 aliphatic heterocycles. The molecule has 8 heteroatoms. The van der Waals surface area contributed by atoms with E-state index < -0.39 is 0 Å². The van der Waals surface area contributed by atoms with Crippen LogP contribution in [0.1, 0.15) is 15.9 Å². The summed E-state index contributed by atoms with van der Waals surface area (Å²) in [7, 11) is 3.31. The second-order valence-corrected chi connectivity index (χ2v) is 9.97. The van der Waals surface area contributed by atoms with Gasteiger partial charge in [0.25, 0.3) is 0 Å². The number of carbonyl (C=O) groups is 2. The molecule has 1 saturated heterocycles. The molecule has 4 aromatic rings. The summed E-state index contributed by atoms with van der Waals surface area (Å²) in [6.07, 6.45) is 1.86. The van der Waals surface area contributed by atoms with Crippen LogP contribution in [0.4, 0.5) is 10.5 Å². The van der Waals surface area contributed by atoms with Crippen LogP contribution in [0.2, 0.25) is 0 Å².